The molecule has 0 radical (unpaired) electrons. The summed E-state index contributed by atoms with van der Waals surface area (Å²) in [7, 11) is -3.80. The molecule has 0 aromatic heterocycles. The summed E-state index contributed by atoms with van der Waals surface area (Å²) in [5.41, 5.74) is 0. The minimum Gasteiger partial charge on any atom is -0.345 e. The van der Waals surface area contributed by atoms with E-state index in [2.05, 4.69) is 4.18 Å². The van der Waals surface area contributed by atoms with Gasteiger partial charge in [0, 0.05) is 0 Å². The van der Waals surface area contributed by atoms with Gasteiger partial charge in [0.25, 0.3) is 0 Å². The lowest BCUT2D eigenvalue weighted by molar-refractivity contribution is -0.139. The normalized spacial score (nSPS) is 19.4. The maximum Gasteiger partial charge on any atom is 0.325 e. The molecule has 0 unspecified atom stereocenters. The number of hydrogen-bond acceptors (Lipinski definition) is 4. The summed E-state index contributed by atoms with van der Waals surface area (Å²) < 4.78 is 27.0. The van der Waals surface area contributed by atoms with Gasteiger partial charge in [0.05, 0.1) is 10.7 Å². The number of rotatable bonds is 2. The molecule has 94 valence electrons. The van der Waals surface area contributed by atoms with Crippen LogP contribution in [0.1, 0.15) is 52.9 Å². The molecule has 1 aliphatic carbocycles. The van der Waals surface area contributed by atoms with Crippen LogP contribution in [0.3, 0.4) is 0 Å². The van der Waals surface area contributed by atoms with Crippen LogP contribution in [0.25, 0.3) is 0 Å². The van der Waals surface area contributed by atoms with Crippen molar-refractivity contribution >= 4 is 16.1 Å². The van der Waals surface area contributed by atoms with Crippen molar-refractivity contribution in [3.63, 3.8) is 0 Å². The van der Waals surface area contributed by atoms with Crippen molar-refractivity contribution in [3.05, 3.63) is 0 Å². The van der Waals surface area contributed by atoms with Crippen molar-refractivity contribution < 1.29 is 17.4 Å². The molecular formula is C11H20O4S. The summed E-state index contributed by atoms with van der Waals surface area (Å²) >= 11 is 0. The average Bonchev–Trinajstić information content (AvgIpc) is 2.16. The van der Waals surface area contributed by atoms with E-state index in [0.29, 0.717) is 0 Å². The van der Waals surface area contributed by atoms with E-state index in [1.54, 1.807) is 0 Å². The molecule has 4 nitrogen and oxygen atoms in total. The first kappa shape index (κ1) is 13.5. The zero-order valence-electron chi connectivity index (χ0n) is 10.2. The van der Waals surface area contributed by atoms with E-state index in [1.807, 2.05) is 0 Å². The van der Waals surface area contributed by atoms with Crippen LogP contribution in [0.4, 0.5) is 0 Å². The predicted molar refractivity (Wildman–Crippen MR) is 61.3 cm³/mol. The highest BCUT2D eigenvalue weighted by Crippen LogP contribution is 2.27. The Hall–Kier alpha value is -0.580. The van der Waals surface area contributed by atoms with E-state index in [9.17, 15) is 13.2 Å². The second kappa shape index (κ2) is 4.73. The van der Waals surface area contributed by atoms with Gasteiger partial charge in [0.15, 0.2) is 0 Å². The molecule has 0 N–H and O–H groups in total. The fourth-order valence-corrected chi connectivity index (χ4v) is 2.24. The molecule has 5 heteroatoms. The lowest BCUT2D eigenvalue weighted by Gasteiger charge is -2.23. The van der Waals surface area contributed by atoms with Crippen molar-refractivity contribution in [3.8, 4) is 0 Å². The van der Waals surface area contributed by atoms with Crippen LogP contribution >= 0.6 is 0 Å². The summed E-state index contributed by atoms with van der Waals surface area (Å²) in [6.07, 6.45) is 4.58. The highest BCUT2D eigenvalue weighted by molar-refractivity contribution is 7.88. The van der Waals surface area contributed by atoms with Crippen molar-refractivity contribution in [2.75, 3.05) is 0 Å². The Morgan fingerprint density at radius 3 is 2.06 bits per heavy atom. The van der Waals surface area contributed by atoms with Crippen LogP contribution in [0.5, 0.6) is 0 Å². The Morgan fingerprint density at radius 2 is 1.62 bits per heavy atom. The van der Waals surface area contributed by atoms with Gasteiger partial charge in [0.2, 0.25) is 0 Å². The summed E-state index contributed by atoms with van der Waals surface area (Å²) in [5.74, 6) is -0.805. The second-order valence-corrected chi connectivity index (χ2v) is 7.60. The van der Waals surface area contributed by atoms with Gasteiger partial charge in [-0.1, -0.05) is 19.3 Å². The molecule has 1 fully saturated rings. The van der Waals surface area contributed by atoms with Gasteiger partial charge in [-0.15, -0.1) is 0 Å². The smallest absolute Gasteiger partial charge is 0.325 e. The van der Waals surface area contributed by atoms with Crippen LogP contribution < -0.4 is 0 Å². The average molecular weight is 248 g/mol. The Bertz CT molecular complexity index is 345. The molecule has 0 heterocycles. The Labute approximate surface area is 97.5 Å². The third-order valence-corrected chi connectivity index (χ3v) is 4.76. The number of carbonyl (C=O) groups excluding carboxylic acids is 1. The molecule has 0 aliphatic heterocycles. The molecule has 0 spiro atoms. The summed E-state index contributed by atoms with van der Waals surface area (Å²) in [4.78, 5) is 11.7. The quantitative estimate of drug-likeness (QED) is 0.703. The lowest BCUT2D eigenvalue weighted by atomic mass is 9.90. The van der Waals surface area contributed by atoms with Crippen molar-refractivity contribution in [1.29, 1.82) is 0 Å². The zero-order valence-corrected chi connectivity index (χ0v) is 11.0. The summed E-state index contributed by atoms with van der Waals surface area (Å²) in [6.45, 7) is 4.57. The van der Waals surface area contributed by atoms with Gasteiger partial charge < -0.3 is 4.18 Å². The van der Waals surface area contributed by atoms with E-state index in [-0.39, 0.29) is 5.92 Å². The van der Waals surface area contributed by atoms with Crippen LogP contribution in [0.2, 0.25) is 0 Å². The van der Waals surface area contributed by atoms with E-state index in [0.717, 1.165) is 32.1 Å². The van der Waals surface area contributed by atoms with Gasteiger partial charge in [-0.25, -0.2) is 0 Å². The van der Waals surface area contributed by atoms with E-state index < -0.39 is 20.8 Å². The van der Waals surface area contributed by atoms with Crippen LogP contribution in [0.15, 0.2) is 0 Å². The predicted octanol–water partition coefficient (Wildman–Crippen LogP) is 2.24. The minimum absolute atomic E-state index is 0.231. The fraction of sp³-hybridized carbons (Fsp3) is 0.909. The molecule has 0 bridgehead atoms. The fourth-order valence-electron chi connectivity index (χ4n) is 1.64. The largest absolute Gasteiger partial charge is 0.345 e. The Kier molecular flexibility index (Phi) is 3.99. The molecule has 1 aliphatic rings. The number of carbonyl (C=O) groups is 1. The van der Waals surface area contributed by atoms with Crippen molar-refractivity contribution in [2.45, 2.75) is 57.6 Å². The van der Waals surface area contributed by atoms with Gasteiger partial charge in [-0.3, -0.25) is 4.79 Å². The van der Waals surface area contributed by atoms with E-state index in [1.165, 1.54) is 20.8 Å². The molecule has 0 atom stereocenters. The summed E-state index contributed by atoms with van der Waals surface area (Å²) in [6, 6.07) is 0. The molecule has 1 rings (SSSR count). The highest BCUT2D eigenvalue weighted by Gasteiger charge is 2.35. The number of hydrogen-bond donors (Lipinski definition) is 0. The van der Waals surface area contributed by atoms with Crippen molar-refractivity contribution in [1.82, 2.24) is 0 Å². The molecule has 16 heavy (non-hydrogen) atoms. The first-order valence-corrected chi connectivity index (χ1v) is 7.13. The first-order valence-electron chi connectivity index (χ1n) is 5.72. The second-order valence-electron chi connectivity index (χ2n) is 5.30. The van der Waals surface area contributed by atoms with Gasteiger partial charge in [-0.2, -0.15) is 8.42 Å². The van der Waals surface area contributed by atoms with Crippen LogP contribution in [-0.4, -0.2) is 19.1 Å². The third-order valence-electron chi connectivity index (χ3n) is 2.88. The Morgan fingerprint density at radius 1 is 1.12 bits per heavy atom. The lowest BCUT2D eigenvalue weighted by Crippen LogP contribution is -2.34. The molecule has 1 saturated carbocycles. The monoisotopic (exact) mass is 248 g/mol. The summed E-state index contributed by atoms with van der Waals surface area (Å²) in [5, 5.41) is 0. The van der Waals surface area contributed by atoms with Crippen LogP contribution in [-0.2, 0) is 19.1 Å². The Balaban J connectivity index is 2.64. The topological polar surface area (TPSA) is 60.4 Å². The van der Waals surface area contributed by atoms with Gasteiger partial charge >= 0.3 is 16.1 Å². The first-order chi connectivity index (χ1) is 7.24. The molecule has 0 aromatic carbocycles. The SMILES string of the molecule is CC(C)(C)S(=O)(=O)OC(=O)C1CCCCC1. The van der Waals surface area contributed by atoms with Crippen molar-refractivity contribution in [2.24, 2.45) is 5.92 Å². The maximum atomic E-state index is 11.7. The van der Waals surface area contributed by atoms with Crippen LogP contribution in [0, 0.1) is 5.92 Å². The zero-order chi connectivity index (χ0) is 12.4. The van der Waals surface area contributed by atoms with E-state index >= 15 is 0 Å². The van der Waals surface area contributed by atoms with E-state index in [4.69, 9.17) is 0 Å². The standard InChI is InChI=1S/C11H20O4S/c1-11(2,3)16(13,14)15-10(12)9-7-5-4-6-8-9/h9H,4-8H2,1-3H3. The third kappa shape index (κ3) is 3.20. The molecule has 0 aromatic rings. The van der Waals surface area contributed by atoms with Gasteiger partial charge in [-0.05, 0) is 33.6 Å². The van der Waals surface area contributed by atoms with Gasteiger partial charge in [0.1, 0.15) is 0 Å². The highest BCUT2D eigenvalue weighted by atomic mass is 32.2. The molecular weight excluding hydrogens is 228 g/mol. The maximum absolute atomic E-state index is 11.7. The minimum atomic E-state index is -3.80. The molecule has 0 saturated heterocycles. The molecule has 0 amide bonds.